The minimum Gasteiger partial charge on any atom is -0.480 e. The number of carboxylic acids is 1. The average molecular weight is 350 g/mol. The third kappa shape index (κ3) is 8.30. The number of rotatable bonds is 8. The van der Waals surface area contributed by atoms with Crippen LogP contribution < -0.4 is 10.6 Å². The number of carbonyl (C=O) groups is 3. The highest BCUT2D eigenvalue weighted by Crippen LogP contribution is 2.09. The van der Waals surface area contributed by atoms with Gasteiger partial charge in [-0.3, -0.25) is 9.59 Å². The Morgan fingerprint density at radius 1 is 1.16 bits per heavy atom. The van der Waals surface area contributed by atoms with E-state index in [4.69, 9.17) is 4.74 Å². The Hall–Kier alpha value is -2.41. The Morgan fingerprint density at radius 2 is 1.76 bits per heavy atom. The number of hydrogen-bond acceptors (Lipinski definition) is 4. The average Bonchev–Trinajstić information content (AvgIpc) is 2.51. The van der Waals surface area contributed by atoms with Crippen molar-refractivity contribution < 1.29 is 24.2 Å². The normalized spacial score (nSPS) is 12.3. The molecule has 0 saturated carbocycles. The standard InChI is InChI=1S/C18H26N2O5/c1-12(21)19-11-13-5-7-14(8-6-13)16(22)20-15(17(23)24)9-10-25-18(2,3)4/h5-8,15H,9-11H2,1-4H3,(H,19,21)(H,20,22)(H,23,24). The highest BCUT2D eigenvalue weighted by atomic mass is 16.5. The number of carbonyl (C=O) groups excluding carboxylic acids is 2. The van der Waals surface area contributed by atoms with Gasteiger partial charge in [0.25, 0.3) is 5.91 Å². The van der Waals surface area contributed by atoms with Gasteiger partial charge < -0.3 is 20.5 Å². The Balaban J connectivity index is 2.61. The third-order valence-electron chi connectivity index (χ3n) is 3.30. The van der Waals surface area contributed by atoms with Gasteiger partial charge in [-0.1, -0.05) is 12.1 Å². The van der Waals surface area contributed by atoms with E-state index >= 15 is 0 Å². The summed E-state index contributed by atoms with van der Waals surface area (Å²) in [4.78, 5) is 34.4. The smallest absolute Gasteiger partial charge is 0.326 e. The number of hydrogen-bond donors (Lipinski definition) is 3. The van der Waals surface area contributed by atoms with E-state index in [0.29, 0.717) is 12.1 Å². The molecule has 0 aromatic heterocycles. The number of nitrogens with one attached hydrogen (secondary N) is 2. The Labute approximate surface area is 147 Å². The Bertz CT molecular complexity index is 605. The van der Waals surface area contributed by atoms with E-state index in [2.05, 4.69) is 10.6 Å². The second-order valence-corrected chi connectivity index (χ2v) is 6.72. The van der Waals surface area contributed by atoms with Gasteiger partial charge in [-0.15, -0.1) is 0 Å². The molecule has 0 bridgehead atoms. The van der Waals surface area contributed by atoms with E-state index in [1.807, 2.05) is 20.8 Å². The molecular formula is C18H26N2O5. The van der Waals surface area contributed by atoms with E-state index < -0.39 is 17.9 Å². The number of aliphatic carboxylic acids is 1. The summed E-state index contributed by atoms with van der Waals surface area (Å²) in [6, 6.07) is 5.59. The molecule has 138 valence electrons. The first-order valence-corrected chi connectivity index (χ1v) is 8.09. The molecule has 1 atom stereocenters. The van der Waals surface area contributed by atoms with E-state index in [1.54, 1.807) is 24.3 Å². The molecule has 25 heavy (non-hydrogen) atoms. The predicted molar refractivity (Wildman–Crippen MR) is 93.2 cm³/mol. The van der Waals surface area contributed by atoms with Gasteiger partial charge in [-0.25, -0.2) is 4.79 Å². The molecular weight excluding hydrogens is 324 g/mol. The van der Waals surface area contributed by atoms with Crippen molar-refractivity contribution >= 4 is 17.8 Å². The van der Waals surface area contributed by atoms with Crippen LogP contribution in [0.3, 0.4) is 0 Å². The first-order valence-electron chi connectivity index (χ1n) is 8.09. The van der Waals surface area contributed by atoms with Gasteiger partial charge in [-0.05, 0) is 38.5 Å². The maximum Gasteiger partial charge on any atom is 0.326 e. The SMILES string of the molecule is CC(=O)NCc1ccc(C(=O)NC(CCOC(C)(C)C)C(=O)O)cc1. The van der Waals surface area contributed by atoms with Gasteiger partial charge in [0.05, 0.1) is 5.60 Å². The highest BCUT2D eigenvalue weighted by molar-refractivity contribution is 5.96. The Kier molecular flexibility index (Phi) is 7.57. The molecule has 1 unspecified atom stereocenters. The van der Waals surface area contributed by atoms with Crippen LogP contribution in [0, 0.1) is 0 Å². The van der Waals surface area contributed by atoms with Crippen LogP contribution in [0.5, 0.6) is 0 Å². The van der Waals surface area contributed by atoms with E-state index in [9.17, 15) is 19.5 Å². The third-order valence-corrected chi connectivity index (χ3v) is 3.30. The molecule has 0 aliphatic heterocycles. The van der Waals surface area contributed by atoms with Crippen molar-refractivity contribution in [3.63, 3.8) is 0 Å². The van der Waals surface area contributed by atoms with Crippen LogP contribution in [0.2, 0.25) is 0 Å². The quantitative estimate of drug-likeness (QED) is 0.662. The molecule has 7 nitrogen and oxygen atoms in total. The fourth-order valence-corrected chi connectivity index (χ4v) is 1.98. The van der Waals surface area contributed by atoms with Gasteiger partial charge in [0.1, 0.15) is 6.04 Å². The molecule has 1 aromatic carbocycles. The van der Waals surface area contributed by atoms with Crippen molar-refractivity contribution in [1.29, 1.82) is 0 Å². The van der Waals surface area contributed by atoms with Crippen molar-refractivity contribution in [1.82, 2.24) is 10.6 Å². The fraction of sp³-hybridized carbons (Fsp3) is 0.500. The summed E-state index contributed by atoms with van der Waals surface area (Å²) in [6.07, 6.45) is 0.180. The van der Waals surface area contributed by atoms with Crippen molar-refractivity contribution in [2.45, 2.75) is 52.3 Å². The molecule has 1 aromatic rings. The summed E-state index contributed by atoms with van der Waals surface area (Å²) in [5.74, 6) is -1.70. The van der Waals surface area contributed by atoms with Gasteiger partial charge in [0.15, 0.2) is 0 Å². The maximum atomic E-state index is 12.2. The molecule has 0 saturated heterocycles. The van der Waals surface area contributed by atoms with Gasteiger partial charge in [0.2, 0.25) is 5.91 Å². The van der Waals surface area contributed by atoms with Crippen LogP contribution in [-0.4, -0.2) is 41.1 Å². The minimum atomic E-state index is -1.10. The lowest BCUT2D eigenvalue weighted by atomic mass is 10.1. The zero-order valence-electron chi connectivity index (χ0n) is 15.1. The predicted octanol–water partition coefficient (Wildman–Crippen LogP) is 1.71. The summed E-state index contributed by atoms with van der Waals surface area (Å²) >= 11 is 0. The molecule has 0 heterocycles. The Morgan fingerprint density at radius 3 is 2.24 bits per heavy atom. The second kappa shape index (κ2) is 9.17. The van der Waals surface area contributed by atoms with Crippen molar-refractivity contribution in [2.24, 2.45) is 0 Å². The molecule has 0 aliphatic rings. The van der Waals surface area contributed by atoms with Crippen LogP contribution >= 0.6 is 0 Å². The summed E-state index contributed by atoms with van der Waals surface area (Å²) in [6.45, 7) is 7.67. The molecule has 7 heteroatoms. The summed E-state index contributed by atoms with van der Waals surface area (Å²) in [7, 11) is 0. The fourth-order valence-electron chi connectivity index (χ4n) is 1.98. The lowest BCUT2D eigenvalue weighted by Crippen LogP contribution is -2.42. The number of ether oxygens (including phenoxy) is 1. The van der Waals surface area contributed by atoms with Gasteiger partial charge in [0, 0.05) is 32.1 Å². The second-order valence-electron chi connectivity index (χ2n) is 6.72. The van der Waals surface area contributed by atoms with Gasteiger partial charge in [-0.2, -0.15) is 0 Å². The number of carboxylic acid groups (broad SMARTS) is 1. The summed E-state index contributed by atoms with van der Waals surface area (Å²) < 4.78 is 5.51. The van der Waals surface area contributed by atoms with Crippen molar-refractivity contribution in [3.8, 4) is 0 Å². The molecule has 0 spiro atoms. The molecule has 0 aliphatic carbocycles. The van der Waals surface area contributed by atoms with E-state index in [1.165, 1.54) is 6.92 Å². The maximum absolute atomic E-state index is 12.2. The number of benzene rings is 1. The van der Waals surface area contributed by atoms with Gasteiger partial charge >= 0.3 is 5.97 Å². The van der Waals surface area contributed by atoms with Crippen LogP contribution in [-0.2, 0) is 20.9 Å². The van der Waals surface area contributed by atoms with E-state index in [-0.39, 0.29) is 24.5 Å². The zero-order valence-corrected chi connectivity index (χ0v) is 15.1. The number of amides is 2. The van der Waals surface area contributed by atoms with Crippen molar-refractivity contribution in [2.75, 3.05) is 6.61 Å². The minimum absolute atomic E-state index is 0.136. The van der Waals surface area contributed by atoms with Crippen LogP contribution in [0.25, 0.3) is 0 Å². The lowest BCUT2D eigenvalue weighted by molar-refractivity contribution is -0.140. The first kappa shape index (κ1) is 20.6. The van der Waals surface area contributed by atoms with Crippen LogP contribution in [0.1, 0.15) is 50.0 Å². The zero-order chi connectivity index (χ0) is 19.0. The molecule has 1 rings (SSSR count). The molecule has 2 amide bonds. The molecule has 0 radical (unpaired) electrons. The highest BCUT2D eigenvalue weighted by Gasteiger charge is 2.21. The monoisotopic (exact) mass is 350 g/mol. The lowest BCUT2D eigenvalue weighted by Gasteiger charge is -2.21. The van der Waals surface area contributed by atoms with Crippen molar-refractivity contribution in [3.05, 3.63) is 35.4 Å². The van der Waals surface area contributed by atoms with Crippen LogP contribution in [0.4, 0.5) is 0 Å². The largest absolute Gasteiger partial charge is 0.480 e. The summed E-state index contributed by atoms with van der Waals surface area (Å²) in [5, 5.41) is 14.4. The topological polar surface area (TPSA) is 105 Å². The summed E-state index contributed by atoms with van der Waals surface area (Å²) in [5.41, 5.74) is 0.839. The molecule has 0 fully saturated rings. The molecule has 3 N–H and O–H groups in total. The first-order chi connectivity index (χ1) is 11.6. The van der Waals surface area contributed by atoms with E-state index in [0.717, 1.165) is 5.56 Å². The van der Waals surface area contributed by atoms with Crippen LogP contribution in [0.15, 0.2) is 24.3 Å².